The summed E-state index contributed by atoms with van der Waals surface area (Å²) >= 11 is 0. The van der Waals surface area contributed by atoms with Gasteiger partial charge in [-0.25, -0.2) is 9.97 Å². The molecule has 2 fully saturated rings. The summed E-state index contributed by atoms with van der Waals surface area (Å²) in [6.45, 7) is 2.07. The molecular formula is C29H27N9O2. The SMILES string of the molecule is CC(=O)c1c(C2C3CCCC2N(C(=O)c2ncn[nH]2)C3)nc2c(-c3ccc(-c4ccccc4)nc3)cnn2c1N. The molecule has 1 aromatic carbocycles. The zero-order chi connectivity index (χ0) is 27.4. The van der Waals surface area contributed by atoms with Gasteiger partial charge in [0.1, 0.15) is 12.1 Å². The van der Waals surface area contributed by atoms with Crippen LogP contribution in [-0.2, 0) is 0 Å². The van der Waals surface area contributed by atoms with Gasteiger partial charge >= 0.3 is 0 Å². The highest BCUT2D eigenvalue weighted by molar-refractivity contribution is 6.00. The van der Waals surface area contributed by atoms with Crippen LogP contribution >= 0.6 is 0 Å². The van der Waals surface area contributed by atoms with Gasteiger partial charge in [0.15, 0.2) is 11.4 Å². The molecule has 0 radical (unpaired) electrons. The largest absolute Gasteiger partial charge is 0.383 e. The third-order valence-corrected chi connectivity index (χ3v) is 8.23. The van der Waals surface area contributed by atoms with Crippen molar-refractivity contribution in [3.8, 4) is 22.4 Å². The van der Waals surface area contributed by atoms with E-state index in [1.165, 1.54) is 17.8 Å². The first-order valence-corrected chi connectivity index (χ1v) is 13.4. The number of rotatable bonds is 5. The zero-order valence-electron chi connectivity index (χ0n) is 21.9. The zero-order valence-corrected chi connectivity index (χ0v) is 21.9. The molecule has 200 valence electrons. The number of nitrogens with two attached hydrogens (primary N) is 1. The lowest BCUT2D eigenvalue weighted by Crippen LogP contribution is -2.38. The normalized spacial score (nSPS) is 20.2. The lowest BCUT2D eigenvalue weighted by atomic mass is 9.76. The number of nitrogens with one attached hydrogen (secondary N) is 1. The number of anilines is 1. The topological polar surface area (TPSA) is 148 Å². The molecule has 1 saturated carbocycles. The summed E-state index contributed by atoms with van der Waals surface area (Å²) in [4.78, 5) is 42.0. The van der Waals surface area contributed by atoms with E-state index in [2.05, 4.69) is 25.3 Å². The molecule has 3 atom stereocenters. The second kappa shape index (κ2) is 9.37. The molecule has 4 aromatic heterocycles. The first-order chi connectivity index (χ1) is 19.5. The van der Waals surface area contributed by atoms with Crippen molar-refractivity contribution in [2.24, 2.45) is 5.92 Å². The Morgan fingerprint density at radius 1 is 1.02 bits per heavy atom. The molecule has 7 rings (SSSR count). The number of aromatic nitrogens is 7. The minimum Gasteiger partial charge on any atom is -0.383 e. The molecule has 1 aliphatic carbocycles. The number of carbonyl (C=O) groups is 2. The number of ketones is 1. The average molecular weight is 534 g/mol. The van der Waals surface area contributed by atoms with E-state index < -0.39 is 0 Å². The molecule has 1 saturated heterocycles. The predicted octanol–water partition coefficient (Wildman–Crippen LogP) is 3.77. The van der Waals surface area contributed by atoms with E-state index in [-0.39, 0.29) is 41.2 Å². The van der Waals surface area contributed by atoms with Crippen molar-refractivity contribution >= 4 is 23.2 Å². The number of fused-ring (bicyclic) bond motifs is 3. The second-order valence-corrected chi connectivity index (χ2v) is 10.5. The first-order valence-electron chi connectivity index (χ1n) is 13.4. The Hall–Kier alpha value is -4.93. The van der Waals surface area contributed by atoms with Gasteiger partial charge in [-0.2, -0.15) is 14.7 Å². The van der Waals surface area contributed by atoms with E-state index in [1.54, 1.807) is 12.4 Å². The highest BCUT2D eigenvalue weighted by Crippen LogP contribution is 2.48. The molecule has 40 heavy (non-hydrogen) atoms. The van der Waals surface area contributed by atoms with Crippen molar-refractivity contribution in [1.82, 2.24) is 39.7 Å². The summed E-state index contributed by atoms with van der Waals surface area (Å²) in [7, 11) is 0. The van der Waals surface area contributed by atoms with E-state index in [9.17, 15) is 9.59 Å². The van der Waals surface area contributed by atoms with Gasteiger partial charge in [-0.1, -0.05) is 42.8 Å². The molecule has 3 N–H and O–H groups in total. The van der Waals surface area contributed by atoms with Gasteiger partial charge in [0.2, 0.25) is 5.82 Å². The quantitative estimate of drug-likeness (QED) is 0.324. The highest BCUT2D eigenvalue weighted by Gasteiger charge is 2.49. The van der Waals surface area contributed by atoms with Crippen LogP contribution in [0.2, 0.25) is 0 Å². The minimum absolute atomic E-state index is 0.123. The fourth-order valence-electron chi connectivity index (χ4n) is 6.46. The molecule has 0 spiro atoms. The second-order valence-electron chi connectivity index (χ2n) is 10.5. The van der Waals surface area contributed by atoms with Crippen molar-refractivity contribution < 1.29 is 9.59 Å². The Bertz CT molecular complexity index is 1730. The number of Topliss-reactive ketones (excluding diaryl/α,β-unsaturated/α-hetero) is 1. The molecule has 2 bridgehead atoms. The molecule has 1 aliphatic heterocycles. The smallest absolute Gasteiger partial charge is 0.291 e. The third-order valence-electron chi connectivity index (χ3n) is 8.23. The molecule has 5 heterocycles. The minimum atomic E-state index is -0.190. The standard InChI is InChI=1S/C29H27N9O2/c1-16(39)23-25(24-19-8-5-9-22(24)37(14-19)29(40)27-32-15-33-36-27)35-28-20(13-34-38(28)26(23)30)18-10-11-21(31-12-18)17-6-3-2-4-7-17/h2-4,6-7,10-13,15,19,22,24H,5,8-9,14,30H2,1H3,(H,32,33,36). The molecule has 11 heteroatoms. The van der Waals surface area contributed by atoms with E-state index in [1.807, 2.05) is 47.4 Å². The highest BCUT2D eigenvalue weighted by atomic mass is 16.2. The van der Waals surface area contributed by atoms with Crippen molar-refractivity contribution in [2.75, 3.05) is 12.3 Å². The van der Waals surface area contributed by atoms with Crippen LogP contribution in [0.25, 0.3) is 28.0 Å². The van der Waals surface area contributed by atoms with Crippen molar-refractivity contribution in [3.05, 3.63) is 78.3 Å². The number of nitrogens with zero attached hydrogens (tertiary/aromatic N) is 7. The van der Waals surface area contributed by atoms with E-state index in [0.717, 1.165) is 41.6 Å². The maximum Gasteiger partial charge on any atom is 0.291 e. The van der Waals surface area contributed by atoms with Gasteiger partial charge in [0.05, 0.1) is 23.1 Å². The van der Waals surface area contributed by atoms with Crippen molar-refractivity contribution in [3.63, 3.8) is 0 Å². The molecule has 5 aromatic rings. The van der Waals surface area contributed by atoms with Crippen LogP contribution in [0.5, 0.6) is 0 Å². The summed E-state index contributed by atoms with van der Waals surface area (Å²) in [5.41, 5.74) is 11.7. The number of carbonyl (C=O) groups excluding carboxylic acids is 2. The average Bonchev–Trinajstić information content (AvgIpc) is 3.70. The van der Waals surface area contributed by atoms with Gasteiger partial charge in [0.25, 0.3) is 5.91 Å². The van der Waals surface area contributed by atoms with Gasteiger partial charge in [0, 0.05) is 41.4 Å². The van der Waals surface area contributed by atoms with Crippen LogP contribution in [0.1, 0.15) is 58.8 Å². The summed E-state index contributed by atoms with van der Waals surface area (Å²) in [5.74, 6) is 0.122. The number of hydrogen-bond donors (Lipinski definition) is 2. The number of H-pyrrole nitrogens is 1. The number of benzene rings is 1. The number of pyridine rings is 1. The lowest BCUT2D eigenvalue weighted by Gasteiger charge is -2.32. The predicted molar refractivity (Wildman–Crippen MR) is 147 cm³/mol. The fraction of sp³-hybridized carbons (Fsp3) is 0.276. The monoisotopic (exact) mass is 533 g/mol. The first kappa shape index (κ1) is 24.1. The van der Waals surface area contributed by atoms with Crippen LogP contribution in [-0.4, -0.2) is 63.9 Å². The number of nitrogen functional groups attached to an aromatic ring is 1. The maximum absolute atomic E-state index is 13.3. The van der Waals surface area contributed by atoms with Crippen molar-refractivity contribution in [1.29, 1.82) is 0 Å². The summed E-state index contributed by atoms with van der Waals surface area (Å²) in [6.07, 6.45) is 7.58. The fourth-order valence-corrected chi connectivity index (χ4v) is 6.46. The molecule has 2 aliphatic rings. The molecule has 1 amide bonds. The Morgan fingerprint density at radius 2 is 1.88 bits per heavy atom. The number of likely N-dealkylation sites (tertiary alicyclic amines) is 1. The number of aromatic amines is 1. The van der Waals surface area contributed by atoms with Crippen LogP contribution in [0.15, 0.2) is 61.2 Å². The molecule has 3 unspecified atom stereocenters. The van der Waals surface area contributed by atoms with Crippen LogP contribution in [0.4, 0.5) is 5.82 Å². The Kier molecular flexibility index (Phi) is 5.65. The van der Waals surface area contributed by atoms with Crippen molar-refractivity contribution in [2.45, 2.75) is 38.1 Å². The van der Waals surface area contributed by atoms with Gasteiger partial charge in [-0.3, -0.25) is 19.7 Å². The van der Waals surface area contributed by atoms with E-state index in [4.69, 9.17) is 10.7 Å². The third kappa shape index (κ3) is 3.76. The van der Waals surface area contributed by atoms with Crippen LogP contribution < -0.4 is 5.73 Å². The maximum atomic E-state index is 13.3. The van der Waals surface area contributed by atoms with Crippen LogP contribution in [0.3, 0.4) is 0 Å². The van der Waals surface area contributed by atoms with Gasteiger partial charge in [-0.15, -0.1) is 0 Å². The number of hydrogen-bond acceptors (Lipinski definition) is 8. The van der Waals surface area contributed by atoms with Gasteiger partial charge < -0.3 is 10.6 Å². The summed E-state index contributed by atoms with van der Waals surface area (Å²) in [5, 5.41) is 11.0. The van der Waals surface area contributed by atoms with Crippen LogP contribution in [0, 0.1) is 5.92 Å². The molecule has 11 nitrogen and oxygen atoms in total. The lowest BCUT2D eigenvalue weighted by molar-refractivity contribution is 0.0713. The Labute approximate surface area is 229 Å². The molecular weight excluding hydrogens is 506 g/mol. The Morgan fingerprint density at radius 3 is 2.60 bits per heavy atom. The van der Waals surface area contributed by atoms with E-state index >= 15 is 0 Å². The summed E-state index contributed by atoms with van der Waals surface area (Å²) in [6, 6.07) is 13.8. The number of amides is 1. The van der Waals surface area contributed by atoms with Gasteiger partial charge in [-0.05, 0) is 31.7 Å². The Balaban J connectivity index is 1.33. The summed E-state index contributed by atoms with van der Waals surface area (Å²) < 4.78 is 1.53. The van der Waals surface area contributed by atoms with E-state index in [0.29, 0.717) is 23.4 Å².